The van der Waals surface area contributed by atoms with E-state index in [9.17, 15) is 0 Å². The fraction of sp³-hybridized carbons (Fsp3) is 1.00. The molecule has 118 valence electrons. The first-order valence-corrected chi connectivity index (χ1v) is 9.25. The topological polar surface area (TPSA) is 15.3 Å². The Kier molecular flexibility index (Phi) is 6.83. The average Bonchev–Trinajstić information content (AvgIpc) is 2.90. The molecule has 1 N–H and O–H groups in total. The van der Waals surface area contributed by atoms with E-state index in [4.69, 9.17) is 0 Å². The standard InChI is InChI=1S/C18H36N2/c1-4-7-15-9-10-17(19-6-3)18(13-15)20-12-11-16(14-20)8-5-2/h15-19H,4-14H2,1-3H3. The summed E-state index contributed by atoms with van der Waals surface area (Å²) in [5.74, 6) is 1.97. The summed E-state index contributed by atoms with van der Waals surface area (Å²) in [5.41, 5.74) is 0. The van der Waals surface area contributed by atoms with Crippen LogP contribution in [-0.4, -0.2) is 36.6 Å². The molecule has 4 atom stereocenters. The van der Waals surface area contributed by atoms with Crippen LogP contribution in [0.1, 0.15) is 72.1 Å². The van der Waals surface area contributed by atoms with E-state index in [0.29, 0.717) is 0 Å². The molecule has 1 heterocycles. The molecule has 20 heavy (non-hydrogen) atoms. The first kappa shape index (κ1) is 16.3. The number of nitrogens with zero attached hydrogens (tertiary/aromatic N) is 1. The van der Waals surface area contributed by atoms with E-state index >= 15 is 0 Å². The molecule has 0 aromatic rings. The lowest BCUT2D eigenvalue weighted by Gasteiger charge is -2.42. The molecule has 2 fully saturated rings. The van der Waals surface area contributed by atoms with Gasteiger partial charge in [0.25, 0.3) is 0 Å². The number of likely N-dealkylation sites (tertiary alicyclic amines) is 1. The lowest BCUT2D eigenvalue weighted by Crippen LogP contribution is -2.52. The molecule has 2 rings (SSSR count). The van der Waals surface area contributed by atoms with Crippen LogP contribution in [0.25, 0.3) is 0 Å². The second-order valence-electron chi connectivity index (χ2n) is 7.14. The first-order valence-electron chi connectivity index (χ1n) is 9.25. The highest BCUT2D eigenvalue weighted by Gasteiger charge is 2.36. The minimum atomic E-state index is 0.758. The molecular weight excluding hydrogens is 244 g/mol. The largest absolute Gasteiger partial charge is 0.313 e. The summed E-state index contributed by atoms with van der Waals surface area (Å²) in [7, 11) is 0. The van der Waals surface area contributed by atoms with Gasteiger partial charge in [0.1, 0.15) is 0 Å². The van der Waals surface area contributed by atoms with Gasteiger partial charge in [-0.25, -0.2) is 0 Å². The Hall–Kier alpha value is -0.0800. The van der Waals surface area contributed by atoms with E-state index in [0.717, 1.165) is 30.5 Å². The van der Waals surface area contributed by atoms with Crippen LogP contribution in [0.3, 0.4) is 0 Å². The monoisotopic (exact) mass is 280 g/mol. The van der Waals surface area contributed by atoms with Crippen molar-refractivity contribution in [3.05, 3.63) is 0 Å². The number of rotatable bonds is 7. The highest BCUT2D eigenvalue weighted by molar-refractivity contribution is 4.93. The van der Waals surface area contributed by atoms with Crippen molar-refractivity contribution in [2.75, 3.05) is 19.6 Å². The van der Waals surface area contributed by atoms with Crippen molar-refractivity contribution in [1.82, 2.24) is 10.2 Å². The number of hydrogen-bond acceptors (Lipinski definition) is 2. The van der Waals surface area contributed by atoms with E-state index in [2.05, 4.69) is 31.0 Å². The molecule has 0 radical (unpaired) electrons. The summed E-state index contributed by atoms with van der Waals surface area (Å²) < 4.78 is 0. The molecule has 0 spiro atoms. The van der Waals surface area contributed by atoms with Gasteiger partial charge in [0.05, 0.1) is 0 Å². The quantitative estimate of drug-likeness (QED) is 0.756. The zero-order valence-corrected chi connectivity index (χ0v) is 14.0. The van der Waals surface area contributed by atoms with Crippen LogP contribution in [-0.2, 0) is 0 Å². The van der Waals surface area contributed by atoms with Crippen molar-refractivity contribution in [2.24, 2.45) is 11.8 Å². The average molecular weight is 281 g/mol. The molecule has 1 saturated heterocycles. The highest BCUT2D eigenvalue weighted by Crippen LogP contribution is 2.34. The number of likely N-dealkylation sites (N-methyl/N-ethyl adjacent to an activating group) is 1. The van der Waals surface area contributed by atoms with Crippen molar-refractivity contribution in [3.63, 3.8) is 0 Å². The summed E-state index contributed by atoms with van der Waals surface area (Å²) >= 11 is 0. The zero-order valence-electron chi connectivity index (χ0n) is 14.0. The molecule has 2 heteroatoms. The minimum absolute atomic E-state index is 0.758. The Bertz CT molecular complexity index is 266. The smallest absolute Gasteiger partial charge is 0.0252 e. The van der Waals surface area contributed by atoms with Crippen molar-refractivity contribution < 1.29 is 0 Å². The molecule has 4 unspecified atom stereocenters. The van der Waals surface area contributed by atoms with E-state index < -0.39 is 0 Å². The Morgan fingerprint density at radius 2 is 1.70 bits per heavy atom. The molecule has 0 amide bonds. The lowest BCUT2D eigenvalue weighted by atomic mass is 9.79. The molecule has 1 saturated carbocycles. The second-order valence-corrected chi connectivity index (χ2v) is 7.14. The molecule has 0 aromatic heterocycles. The summed E-state index contributed by atoms with van der Waals surface area (Å²) in [6.45, 7) is 10.8. The minimum Gasteiger partial charge on any atom is -0.313 e. The van der Waals surface area contributed by atoms with E-state index in [1.54, 1.807) is 0 Å². The molecule has 0 aromatic carbocycles. The Labute approximate surface area is 126 Å². The summed E-state index contributed by atoms with van der Waals surface area (Å²) in [4.78, 5) is 2.84. The van der Waals surface area contributed by atoms with Crippen LogP contribution in [0.5, 0.6) is 0 Å². The van der Waals surface area contributed by atoms with Crippen LogP contribution < -0.4 is 5.32 Å². The van der Waals surface area contributed by atoms with Gasteiger partial charge in [-0.1, -0.05) is 40.0 Å². The van der Waals surface area contributed by atoms with E-state index in [1.165, 1.54) is 64.5 Å². The lowest BCUT2D eigenvalue weighted by molar-refractivity contribution is 0.111. The molecular formula is C18H36N2. The molecule has 1 aliphatic carbocycles. The van der Waals surface area contributed by atoms with Crippen molar-refractivity contribution >= 4 is 0 Å². The normalized spacial score (nSPS) is 35.5. The third-order valence-electron chi connectivity index (χ3n) is 5.57. The van der Waals surface area contributed by atoms with Gasteiger partial charge < -0.3 is 5.32 Å². The van der Waals surface area contributed by atoms with Gasteiger partial charge >= 0.3 is 0 Å². The van der Waals surface area contributed by atoms with Crippen LogP contribution in [0.2, 0.25) is 0 Å². The third kappa shape index (κ3) is 4.21. The van der Waals surface area contributed by atoms with Crippen LogP contribution in [0.15, 0.2) is 0 Å². The van der Waals surface area contributed by atoms with Gasteiger partial charge in [-0.2, -0.15) is 0 Å². The van der Waals surface area contributed by atoms with Crippen LogP contribution in [0.4, 0.5) is 0 Å². The molecule has 2 aliphatic rings. The van der Waals surface area contributed by atoms with E-state index in [-0.39, 0.29) is 0 Å². The maximum absolute atomic E-state index is 3.78. The van der Waals surface area contributed by atoms with E-state index in [1.807, 2.05) is 0 Å². The van der Waals surface area contributed by atoms with Gasteiger partial charge in [-0.05, 0) is 57.0 Å². The molecule has 0 bridgehead atoms. The fourth-order valence-electron chi connectivity index (χ4n) is 4.61. The van der Waals surface area contributed by atoms with Gasteiger partial charge in [0.2, 0.25) is 0 Å². The van der Waals surface area contributed by atoms with Crippen LogP contribution >= 0.6 is 0 Å². The predicted molar refractivity (Wildman–Crippen MR) is 88.1 cm³/mol. The van der Waals surface area contributed by atoms with Gasteiger partial charge in [0.15, 0.2) is 0 Å². The maximum atomic E-state index is 3.78. The van der Waals surface area contributed by atoms with Crippen molar-refractivity contribution in [2.45, 2.75) is 84.2 Å². The fourth-order valence-corrected chi connectivity index (χ4v) is 4.61. The predicted octanol–water partition coefficient (Wildman–Crippen LogP) is 4.06. The van der Waals surface area contributed by atoms with Crippen molar-refractivity contribution in [1.29, 1.82) is 0 Å². The molecule has 2 nitrogen and oxygen atoms in total. The Balaban J connectivity index is 1.92. The number of nitrogens with one attached hydrogen (secondary N) is 1. The van der Waals surface area contributed by atoms with Crippen LogP contribution in [0, 0.1) is 11.8 Å². The Morgan fingerprint density at radius 1 is 0.950 bits per heavy atom. The van der Waals surface area contributed by atoms with Gasteiger partial charge in [0, 0.05) is 18.6 Å². The zero-order chi connectivity index (χ0) is 14.4. The van der Waals surface area contributed by atoms with Gasteiger partial charge in [-0.3, -0.25) is 4.90 Å². The molecule has 1 aliphatic heterocycles. The SMILES string of the molecule is CCCC1CCC(NCC)C(N2CCC(CCC)C2)C1. The summed E-state index contributed by atoms with van der Waals surface area (Å²) in [5, 5.41) is 3.78. The summed E-state index contributed by atoms with van der Waals surface area (Å²) in [6, 6.07) is 1.58. The maximum Gasteiger partial charge on any atom is 0.0252 e. The third-order valence-corrected chi connectivity index (χ3v) is 5.57. The summed E-state index contributed by atoms with van der Waals surface area (Å²) in [6.07, 6.45) is 11.4. The second kappa shape index (κ2) is 8.38. The van der Waals surface area contributed by atoms with Gasteiger partial charge in [-0.15, -0.1) is 0 Å². The first-order chi connectivity index (χ1) is 9.78. The Morgan fingerprint density at radius 3 is 2.40 bits per heavy atom. The highest BCUT2D eigenvalue weighted by atomic mass is 15.2. The van der Waals surface area contributed by atoms with Crippen molar-refractivity contribution in [3.8, 4) is 0 Å². The number of hydrogen-bond donors (Lipinski definition) is 1.